The van der Waals surface area contributed by atoms with E-state index in [4.69, 9.17) is 9.47 Å². The summed E-state index contributed by atoms with van der Waals surface area (Å²) >= 11 is 3.14. The van der Waals surface area contributed by atoms with Gasteiger partial charge in [-0.1, -0.05) is 0 Å². The van der Waals surface area contributed by atoms with Crippen molar-refractivity contribution in [3.63, 3.8) is 0 Å². The maximum absolute atomic E-state index is 12.1. The summed E-state index contributed by atoms with van der Waals surface area (Å²) in [4.78, 5) is 16.6. The number of ether oxygens (including phenoxy) is 2. The third-order valence-corrected chi connectivity index (χ3v) is 5.30. The number of amides is 1. The summed E-state index contributed by atoms with van der Waals surface area (Å²) in [6.07, 6.45) is 0. The zero-order valence-corrected chi connectivity index (χ0v) is 15.1. The van der Waals surface area contributed by atoms with Crippen molar-refractivity contribution in [2.45, 2.75) is 6.04 Å². The maximum Gasteiger partial charge on any atom is 0.244 e. The van der Waals surface area contributed by atoms with Gasteiger partial charge in [0.2, 0.25) is 5.91 Å². The van der Waals surface area contributed by atoms with Gasteiger partial charge in [-0.3, -0.25) is 10.1 Å². The molecular weight excluding hydrogens is 370 g/mol. The molecule has 1 fully saturated rings. The van der Waals surface area contributed by atoms with E-state index in [0.29, 0.717) is 18.3 Å². The summed E-state index contributed by atoms with van der Waals surface area (Å²) in [5.41, 5.74) is 1.76. The summed E-state index contributed by atoms with van der Waals surface area (Å²) in [6, 6.07) is 5.62. The Labute approximate surface area is 153 Å². The Balaban J connectivity index is 0.00000169. The van der Waals surface area contributed by atoms with Crippen LogP contribution in [0.4, 0.5) is 5.13 Å². The Morgan fingerprint density at radius 1 is 1.29 bits per heavy atom. The number of anilines is 1. The van der Waals surface area contributed by atoms with Gasteiger partial charge >= 0.3 is 0 Å². The van der Waals surface area contributed by atoms with Gasteiger partial charge in [-0.05, 0) is 18.2 Å². The predicted molar refractivity (Wildman–Crippen MR) is 98.7 cm³/mol. The van der Waals surface area contributed by atoms with Gasteiger partial charge in [-0.2, -0.15) is 0 Å². The predicted octanol–water partition coefficient (Wildman–Crippen LogP) is 2.60. The number of fused-ring (bicyclic) bond motifs is 1. The second-order valence-electron chi connectivity index (χ2n) is 5.16. The first-order chi connectivity index (χ1) is 11.3. The van der Waals surface area contributed by atoms with Gasteiger partial charge < -0.3 is 14.8 Å². The van der Waals surface area contributed by atoms with Crippen LogP contribution >= 0.6 is 35.5 Å². The number of hydrogen-bond acceptors (Lipinski definition) is 7. The minimum atomic E-state index is -0.137. The SMILES string of the molecule is Cl.O=C(Nc1nc(-c2ccc3c(c2)OCCO3)cs1)C1CSCN1. The molecule has 0 aliphatic carbocycles. The van der Waals surface area contributed by atoms with Crippen LogP contribution in [0.25, 0.3) is 11.3 Å². The van der Waals surface area contributed by atoms with Crippen LogP contribution in [0.3, 0.4) is 0 Å². The number of halogens is 1. The number of rotatable bonds is 3. The third-order valence-electron chi connectivity index (χ3n) is 3.61. The van der Waals surface area contributed by atoms with E-state index in [1.54, 1.807) is 11.8 Å². The number of nitrogens with one attached hydrogen (secondary N) is 2. The van der Waals surface area contributed by atoms with Crippen LogP contribution in [-0.2, 0) is 4.79 Å². The van der Waals surface area contributed by atoms with E-state index in [-0.39, 0.29) is 24.4 Å². The fourth-order valence-electron chi connectivity index (χ4n) is 2.42. The minimum Gasteiger partial charge on any atom is -0.486 e. The molecule has 0 radical (unpaired) electrons. The van der Waals surface area contributed by atoms with Crippen LogP contribution < -0.4 is 20.1 Å². The molecule has 4 rings (SSSR count). The third kappa shape index (κ3) is 3.61. The van der Waals surface area contributed by atoms with Gasteiger partial charge in [-0.25, -0.2) is 4.98 Å². The van der Waals surface area contributed by atoms with Gasteiger partial charge in [0.1, 0.15) is 13.2 Å². The highest BCUT2D eigenvalue weighted by Crippen LogP contribution is 2.35. The largest absolute Gasteiger partial charge is 0.486 e. The number of benzene rings is 1. The van der Waals surface area contributed by atoms with Crippen molar-refractivity contribution in [2.24, 2.45) is 0 Å². The summed E-state index contributed by atoms with van der Waals surface area (Å²) in [6.45, 7) is 1.13. The van der Waals surface area contributed by atoms with E-state index < -0.39 is 0 Å². The monoisotopic (exact) mass is 385 g/mol. The molecule has 0 spiro atoms. The Morgan fingerprint density at radius 3 is 2.92 bits per heavy atom. The lowest BCUT2D eigenvalue weighted by Crippen LogP contribution is -2.37. The van der Waals surface area contributed by atoms with E-state index in [9.17, 15) is 4.79 Å². The zero-order chi connectivity index (χ0) is 15.6. The number of carbonyl (C=O) groups is 1. The topological polar surface area (TPSA) is 72.5 Å². The van der Waals surface area contributed by atoms with Crippen molar-refractivity contribution >= 4 is 46.5 Å². The Bertz CT molecular complexity index is 735. The molecule has 3 heterocycles. The molecule has 1 saturated heterocycles. The average molecular weight is 386 g/mol. The second kappa shape index (κ2) is 7.60. The summed E-state index contributed by atoms with van der Waals surface area (Å²) in [5, 5.41) is 8.56. The molecular formula is C15H16ClN3O3S2. The van der Waals surface area contributed by atoms with Gasteiger partial charge in [-0.15, -0.1) is 35.5 Å². The normalized spacial score (nSPS) is 18.8. The standard InChI is InChI=1S/C15H15N3O3S2.ClH/c19-14(11-6-22-8-16-11)18-15-17-10(7-23-15)9-1-2-12-13(5-9)21-4-3-20-12;/h1-2,5,7,11,16H,3-4,6,8H2,(H,17,18,19);1H. The molecule has 1 aromatic heterocycles. The zero-order valence-electron chi connectivity index (χ0n) is 12.6. The van der Waals surface area contributed by atoms with Crippen LogP contribution in [0.2, 0.25) is 0 Å². The van der Waals surface area contributed by atoms with E-state index in [2.05, 4.69) is 15.6 Å². The fourth-order valence-corrected chi connectivity index (χ4v) is 4.09. The molecule has 9 heteroatoms. The molecule has 0 saturated carbocycles. The van der Waals surface area contributed by atoms with Crippen molar-refractivity contribution in [3.8, 4) is 22.8 Å². The highest BCUT2D eigenvalue weighted by Gasteiger charge is 2.23. The lowest BCUT2D eigenvalue weighted by atomic mass is 10.1. The molecule has 2 aromatic rings. The summed E-state index contributed by atoms with van der Waals surface area (Å²) in [7, 11) is 0. The summed E-state index contributed by atoms with van der Waals surface area (Å²) < 4.78 is 11.1. The molecule has 1 amide bonds. The van der Waals surface area contributed by atoms with Crippen LogP contribution in [0, 0.1) is 0 Å². The molecule has 128 valence electrons. The molecule has 2 aliphatic heterocycles. The highest BCUT2D eigenvalue weighted by molar-refractivity contribution is 7.99. The molecule has 2 aliphatic rings. The van der Waals surface area contributed by atoms with Crippen LogP contribution in [0.5, 0.6) is 11.5 Å². The highest BCUT2D eigenvalue weighted by atomic mass is 35.5. The van der Waals surface area contributed by atoms with E-state index in [1.165, 1.54) is 11.3 Å². The molecule has 1 unspecified atom stereocenters. The van der Waals surface area contributed by atoms with E-state index in [1.807, 2.05) is 23.6 Å². The van der Waals surface area contributed by atoms with Crippen molar-refractivity contribution in [1.29, 1.82) is 0 Å². The molecule has 0 bridgehead atoms. The van der Waals surface area contributed by atoms with Crippen molar-refractivity contribution in [2.75, 3.05) is 30.2 Å². The molecule has 1 atom stereocenters. The maximum atomic E-state index is 12.1. The number of nitrogens with zero attached hydrogens (tertiary/aromatic N) is 1. The Hall–Kier alpha value is -1.48. The van der Waals surface area contributed by atoms with E-state index in [0.717, 1.165) is 34.4 Å². The smallest absolute Gasteiger partial charge is 0.244 e. The molecule has 6 nitrogen and oxygen atoms in total. The number of carbonyl (C=O) groups excluding carboxylic acids is 1. The average Bonchev–Trinajstić information content (AvgIpc) is 3.26. The first kappa shape index (κ1) is 17.3. The van der Waals surface area contributed by atoms with Gasteiger partial charge in [0.15, 0.2) is 16.6 Å². The van der Waals surface area contributed by atoms with Crippen molar-refractivity contribution < 1.29 is 14.3 Å². The molecule has 24 heavy (non-hydrogen) atoms. The number of thioether (sulfide) groups is 1. The lowest BCUT2D eigenvalue weighted by molar-refractivity contribution is -0.117. The Morgan fingerprint density at radius 2 is 2.12 bits per heavy atom. The van der Waals surface area contributed by atoms with Crippen LogP contribution in [0.15, 0.2) is 23.6 Å². The Kier molecular flexibility index (Phi) is 5.50. The second-order valence-corrected chi connectivity index (χ2v) is 7.05. The minimum absolute atomic E-state index is 0. The fraction of sp³-hybridized carbons (Fsp3) is 0.333. The van der Waals surface area contributed by atoms with Crippen molar-refractivity contribution in [1.82, 2.24) is 10.3 Å². The first-order valence-corrected chi connectivity index (χ1v) is 9.30. The van der Waals surface area contributed by atoms with E-state index >= 15 is 0 Å². The van der Waals surface area contributed by atoms with Crippen molar-refractivity contribution in [3.05, 3.63) is 23.6 Å². The summed E-state index contributed by atoms with van der Waals surface area (Å²) in [5.74, 6) is 3.08. The quantitative estimate of drug-likeness (QED) is 0.846. The first-order valence-electron chi connectivity index (χ1n) is 7.27. The lowest BCUT2D eigenvalue weighted by Gasteiger charge is -2.18. The molecule has 2 N–H and O–H groups in total. The van der Waals surface area contributed by atoms with Gasteiger partial charge in [0.05, 0.1) is 11.7 Å². The van der Waals surface area contributed by atoms with Gasteiger partial charge in [0, 0.05) is 22.6 Å². The number of hydrogen-bond donors (Lipinski definition) is 2. The van der Waals surface area contributed by atoms with Gasteiger partial charge in [0.25, 0.3) is 0 Å². The van der Waals surface area contributed by atoms with Crippen LogP contribution in [-0.4, -0.2) is 41.8 Å². The number of aromatic nitrogens is 1. The number of thiazole rings is 1. The molecule has 1 aromatic carbocycles. The van der Waals surface area contributed by atoms with Crippen LogP contribution in [0.1, 0.15) is 0 Å².